The van der Waals surface area contributed by atoms with Gasteiger partial charge in [-0.15, -0.1) is 5.06 Å². The van der Waals surface area contributed by atoms with Crippen molar-refractivity contribution in [3.63, 3.8) is 0 Å². The molecule has 1 amide bonds. The van der Waals surface area contributed by atoms with E-state index in [1.807, 2.05) is 35.2 Å². The molecule has 9 heteroatoms. The van der Waals surface area contributed by atoms with Crippen molar-refractivity contribution in [2.24, 2.45) is 0 Å². The molecule has 0 saturated carbocycles. The van der Waals surface area contributed by atoms with E-state index < -0.39 is 16.4 Å². The number of benzene rings is 2. The Morgan fingerprint density at radius 3 is 2.59 bits per heavy atom. The van der Waals surface area contributed by atoms with Crippen LogP contribution in [0.1, 0.15) is 15.9 Å². The molecule has 0 aliphatic carbocycles. The van der Waals surface area contributed by atoms with Gasteiger partial charge in [-0.1, -0.05) is 41.9 Å². The van der Waals surface area contributed by atoms with Gasteiger partial charge < -0.3 is 9.80 Å². The van der Waals surface area contributed by atoms with Crippen LogP contribution in [0.4, 0.5) is 5.69 Å². The minimum absolute atomic E-state index is 0.171. The van der Waals surface area contributed by atoms with Crippen LogP contribution in [-0.4, -0.2) is 49.9 Å². The van der Waals surface area contributed by atoms with Crippen molar-refractivity contribution in [3.8, 4) is 0 Å². The largest absolute Gasteiger partial charge is 0.332 e. The lowest BCUT2D eigenvalue weighted by Crippen LogP contribution is -2.57. The van der Waals surface area contributed by atoms with Gasteiger partial charge in [-0.2, -0.15) is 12.7 Å². The van der Waals surface area contributed by atoms with E-state index in [0.717, 1.165) is 11.8 Å². The Kier molecular flexibility index (Phi) is 4.59. The molecule has 0 N–H and O–H groups in total. The van der Waals surface area contributed by atoms with Crippen molar-refractivity contribution in [2.75, 3.05) is 24.2 Å². The highest BCUT2D eigenvalue weighted by atomic mass is 35.5. The van der Waals surface area contributed by atoms with E-state index in [1.54, 1.807) is 23.1 Å². The monoisotopic (exact) mass is 407 g/mol. The highest BCUT2D eigenvalue weighted by Gasteiger charge is 2.46. The van der Waals surface area contributed by atoms with Crippen molar-refractivity contribution >= 4 is 33.3 Å². The smallest absolute Gasteiger partial charge is 0.280 e. The van der Waals surface area contributed by atoms with E-state index in [2.05, 4.69) is 0 Å². The first-order valence-electron chi connectivity index (χ1n) is 8.41. The first kappa shape index (κ1) is 18.2. The normalized spacial score (nSPS) is 19.9. The van der Waals surface area contributed by atoms with Gasteiger partial charge in [0, 0.05) is 24.7 Å². The number of fused-ring (bicyclic) bond motifs is 2. The van der Waals surface area contributed by atoms with E-state index in [0.29, 0.717) is 29.4 Å². The number of hydrogen-bond acceptors (Lipinski definition) is 6. The highest BCUT2D eigenvalue weighted by molar-refractivity contribution is 7.85. The first-order valence-corrected chi connectivity index (χ1v) is 10.6. The van der Waals surface area contributed by atoms with Crippen LogP contribution in [0.3, 0.4) is 0 Å². The maximum atomic E-state index is 12.9. The van der Waals surface area contributed by atoms with Crippen molar-refractivity contribution in [1.82, 2.24) is 9.96 Å². The molecule has 2 aromatic carbocycles. The second kappa shape index (κ2) is 6.79. The summed E-state index contributed by atoms with van der Waals surface area (Å²) in [6, 6.07) is 14.8. The summed E-state index contributed by atoms with van der Waals surface area (Å²) < 4.78 is 28.6. The fraction of sp³-hybridized carbons (Fsp3) is 0.278. The predicted molar refractivity (Wildman–Crippen MR) is 102 cm³/mol. The second-order valence-corrected chi connectivity index (χ2v) is 8.53. The van der Waals surface area contributed by atoms with E-state index in [4.69, 9.17) is 15.9 Å². The lowest BCUT2D eigenvalue weighted by atomic mass is 10.1. The zero-order chi connectivity index (χ0) is 19.2. The average molecular weight is 408 g/mol. The number of hydroxylamine groups is 2. The summed E-state index contributed by atoms with van der Waals surface area (Å²) in [7, 11) is -3.72. The zero-order valence-corrected chi connectivity index (χ0v) is 16.2. The van der Waals surface area contributed by atoms with E-state index in [-0.39, 0.29) is 12.5 Å². The lowest BCUT2D eigenvalue weighted by molar-refractivity contribution is -0.0863. The van der Waals surface area contributed by atoms with Crippen LogP contribution in [-0.2, 0) is 20.9 Å². The molecular weight excluding hydrogens is 390 g/mol. The Morgan fingerprint density at radius 1 is 1.15 bits per heavy atom. The first-order chi connectivity index (χ1) is 12.8. The van der Waals surface area contributed by atoms with Gasteiger partial charge in [-0.05, 0) is 23.8 Å². The van der Waals surface area contributed by atoms with Crippen molar-refractivity contribution in [1.29, 1.82) is 0 Å². The molecule has 0 radical (unpaired) electrons. The number of carbonyl (C=O) groups excluding carboxylic acids is 1. The molecule has 2 aliphatic heterocycles. The molecule has 1 atom stereocenters. The van der Waals surface area contributed by atoms with Crippen LogP contribution < -0.4 is 4.90 Å². The molecule has 1 fully saturated rings. The molecule has 4 rings (SSSR count). The molecule has 2 aromatic rings. The standard InChI is InChI=1S/C18H18ClN3O4S/c1-27(24,25)26-22-10-9-20-17(23)15-8-7-14(19)11-16(15)21(18(20)22)12-13-5-3-2-4-6-13/h2-8,11,18H,9-10,12H2,1H3. The summed E-state index contributed by atoms with van der Waals surface area (Å²) in [5, 5.41) is 1.83. The Balaban J connectivity index is 1.80. The summed E-state index contributed by atoms with van der Waals surface area (Å²) in [5.74, 6) is -0.171. The number of hydrogen-bond donors (Lipinski definition) is 0. The van der Waals surface area contributed by atoms with Crippen molar-refractivity contribution in [3.05, 3.63) is 64.7 Å². The van der Waals surface area contributed by atoms with E-state index in [9.17, 15) is 13.2 Å². The van der Waals surface area contributed by atoms with Crippen LogP contribution in [0, 0.1) is 0 Å². The van der Waals surface area contributed by atoms with Crippen LogP contribution in [0.25, 0.3) is 0 Å². The average Bonchev–Trinajstić information content (AvgIpc) is 3.01. The Hall–Kier alpha value is -2.13. The van der Waals surface area contributed by atoms with Gasteiger partial charge in [0.15, 0.2) is 6.29 Å². The Labute approximate surface area is 162 Å². The summed E-state index contributed by atoms with van der Waals surface area (Å²) in [6.45, 7) is 1.12. The fourth-order valence-electron chi connectivity index (χ4n) is 3.52. The number of amides is 1. The maximum absolute atomic E-state index is 12.9. The van der Waals surface area contributed by atoms with Gasteiger partial charge >= 0.3 is 0 Å². The number of carbonyl (C=O) groups is 1. The van der Waals surface area contributed by atoms with Crippen LogP contribution >= 0.6 is 11.6 Å². The molecule has 27 heavy (non-hydrogen) atoms. The number of nitrogens with zero attached hydrogens (tertiary/aromatic N) is 3. The highest BCUT2D eigenvalue weighted by Crippen LogP contribution is 2.37. The SMILES string of the molecule is CS(=O)(=O)ON1CCN2C(=O)c3ccc(Cl)cc3N(Cc3ccccc3)C12. The summed E-state index contributed by atoms with van der Waals surface area (Å²) in [4.78, 5) is 16.5. The van der Waals surface area contributed by atoms with Gasteiger partial charge in [0.25, 0.3) is 16.0 Å². The second-order valence-electron chi connectivity index (χ2n) is 6.54. The molecule has 0 aromatic heterocycles. The summed E-state index contributed by atoms with van der Waals surface area (Å²) >= 11 is 6.19. The molecule has 7 nitrogen and oxygen atoms in total. The van der Waals surface area contributed by atoms with Crippen molar-refractivity contribution in [2.45, 2.75) is 12.8 Å². The molecular formula is C18H18ClN3O4S. The predicted octanol–water partition coefficient (Wildman–Crippen LogP) is 2.29. The summed E-state index contributed by atoms with van der Waals surface area (Å²) in [6.07, 6.45) is 0.325. The maximum Gasteiger partial charge on any atom is 0.280 e. The van der Waals surface area contributed by atoms with Gasteiger partial charge in [0.1, 0.15) is 0 Å². The van der Waals surface area contributed by atoms with Crippen LogP contribution in [0.2, 0.25) is 5.02 Å². The van der Waals surface area contributed by atoms with Crippen LogP contribution in [0.5, 0.6) is 0 Å². The van der Waals surface area contributed by atoms with Crippen molar-refractivity contribution < 1.29 is 17.5 Å². The van der Waals surface area contributed by atoms with Gasteiger partial charge in [0.2, 0.25) is 0 Å². The Morgan fingerprint density at radius 2 is 1.89 bits per heavy atom. The summed E-state index contributed by atoms with van der Waals surface area (Å²) in [5.41, 5.74) is 2.21. The molecule has 1 unspecified atom stereocenters. The number of rotatable bonds is 4. The molecule has 2 aliphatic rings. The third-order valence-corrected chi connectivity index (χ3v) is 5.26. The molecule has 0 spiro atoms. The molecule has 142 valence electrons. The molecule has 1 saturated heterocycles. The van der Waals surface area contributed by atoms with Gasteiger partial charge in [-0.3, -0.25) is 4.79 Å². The van der Waals surface area contributed by atoms with E-state index >= 15 is 0 Å². The number of anilines is 1. The quantitative estimate of drug-likeness (QED) is 0.774. The lowest BCUT2D eigenvalue weighted by Gasteiger charge is -2.43. The zero-order valence-electron chi connectivity index (χ0n) is 14.6. The Bertz CT molecular complexity index is 983. The van der Waals surface area contributed by atoms with Crippen LogP contribution in [0.15, 0.2) is 48.5 Å². The minimum Gasteiger partial charge on any atom is -0.332 e. The molecule has 0 bridgehead atoms. The number of halogens is 1. The minimum atomic E-state index is -3.72. The van der Waals surface area contributed by atoms with E-state index in [1.165, 1.54) is 5.06 Å². The topological polar surface area (TPSA) is 70.2 Å². The fourth-order valence-corrected chi connectivity index (χ4v) is 4.19. The molecule has 2 heterocycles. The third kappa shape index (κ3) is 3.53. The third-order valence-electron chi connectivity index (χ3n) is 4.56. The van der Waals surface area contributed by atoms with Gasteiger partial charge in [0.05, 0.1) is 17.5 Å². The van der Waals surface area contributed by atoms with Gasteiger partial charge in [-0.25, -0.2) is 0 Å².